The molecule has 1 fully saturated rings. The number of carbonyl (C=O) groups excluding carboxylic acids is 1. The number of methoxy groups -OCH3 is 1. The largest absolute Gasteiger partial charge is 0.497 e. The van der Waals surface area contributed by atoms with Gasteiger partial charge in [-0.1, -0.05) is 48.6 Å². The van der Waals surface area contributed by atoms with Crippen LogP contribution in [0.5, 0.6) is 5.75 Å². The number of aliphatic hydroxyl groups excluding tert-OH is 2. The highest BCUT2D eigenvalue weighted by molar-refractivity contribution is 5.76. The minimum atomic E-state index is -0.620. The Bertz CT molecular complexity index is 687. The van der Waals surface area contributed by atoms with Crippen molar-refractivity contribution in [3.8, 4) is 5.75 Å². The lowest BCUT2D eigenvalue weighted by Crippen LogP contribution is -2.28. The minimum absolute atomic E-state index is 0.136. The molecule has 0 radical (unpaired) electrons. The molecule has 1 saturated heterocycles. The van der Waals surface area contributed by atoms with E-state index in [2.05, 4.69) is 0 Å². The molecule has 2 rings (SSSR count). The van der Waals surface area contributed by atoms with Gasteiger partial charge in [-0.25, -0.2) is 0 Å². The molecule has 1 amide bonds. The summed E-state index contributed by atoms with van der Waals surface area (Å²) in [5, 5.41) is 20.0. The summed E-state index contributed by atoms with van der Waals surface area (Å²) in [4.78, 5) is 13.8. The zero-order chi connectivity index (χ0) is 20.9. The lowest BCUT2D eigenvalue weighted by Gasteiger charge is -2.15. The van der Waals surface area contributed by atoms with E-state index in [1.165, 1.54) is 0 Å². The third-order valence-electron chi connectivity index (χ3n) is 5.00. The van der Waals surface area contributed by atoms with Gasteiger partial charge in [0.2, 0.25) is 5.91 Å². The van der Waals surface area contributed by atoms with Crippen molar-refractivity contribution in [2.24, 2.45) is 0 Å². The van der Waals surface area contributed by atoms with E-state index in [9.17, 15) is 15.0 Å². The maximum Gasteiger partial charge on any atom is 0.222 e. The summed E-state index contributed by atoms with van der Waals surface area (Å²) in [6.45, 7) is 1.71. The molecule has 0 aliphatic carbocycles. The average molecular weight is 400 g/mol. The van der Waals surface area contributed by atoms with E-state index in [-0.39, 0.29) is 5.91 Å². The van der Waals surface area contributed by atoms with E-state index in [1.54, 1.807) is 37.5 Å². The second-order valence-electron chi connectivity index (χ2n) is 7.30. The fourth-order valence-corrected chi connectivity index (χ4v) is 3.21. The smallest absolute Gasteiger partial charge is 0.222 e. The molecule has 0 spiro atoms. The Labute approximate surface area is 174 Å². The molecule has 2 unspecified atom stereocenters. The van der Waals surface area contributed by atoms with Crippen LogP contribution in [-0.4, -0.2) is 53.4 Å². The Morgan fingerprint density at radius 3 is 2.17 bits per heavy atom. The number of amides is 1. The molecule has 1 aromatic carbocycles. The number of aryl methyl sites for hydroxylation is 1. The second kappa shape index (κ2) is 13.0. The molecule has 1 aliphatic rings. The number of rotatable bonds is 11. The van der Waals surface area contributed by atoms with Crippen molar-refractivity contribution in [1.82, 2.24) is 4.90 Å². The van der Waals surface area contributed by atoms with Gasteiger partial charge < -0.3 is 19.8 Å². The summed E-state index contributed by atoms with van der Waals surface area (Å²) >= 11 is 0. The monoisotopic (exact) mass is 399 g/mol. The first-order chi connectivity index (χ1) is 14.1. The van der Waals surface area contributed by atoms with Crippen molar-refractivity contribution in [3.63, 3.8) is 0 Å². The topological polar surface area (TPSA) is 70.0 Å². The minimum Gasteiger partial charge on any atom is -0.497 e. The molecule has 1 aromatic rings. The molecule has 0 bridgehead atoms. The van der Waals surface area contributed by atoms with Crippen molar-refractivity contribution >= 4 is 5.91 Å². The highest BCUT2D eigenvalue weighted by Crippen LogP contribution is 2.14. The van der Waals surface area contributed by atoms with E-state index in [0.29, 0.717) is 19.3 Å². The molecule has 29 heavy (non-hydrogen) atoms. The lowest BCUT2D eigenvalue weighted by molar-refractivity contribution is -0.130. The summed E-state index contributed by atoms with van der Waals surface area (Å²) in [6.07, 6.45) is 13.9. The molecular weight excluding hydrogens is 366 g/mol. The van der Waals surface area contributed by atoms with Crippen LogP contribution in [0, 0.1) is 0 Å². The number of benzene rings is 1. The van der Waals surface area contributed by atoms with Gasteiger partial charge in [0, 0.05) is 19.5 Å². The van der Waals surface area contributed by atoms with E-state index >= 15 is 0 Å². The number of hydrogen-bond donors (Lipinski definition) is 2. The number of hydrogen-bond acceptors (Lipinski definition) is 4. The Hall–Kier alpha value is -2.37. The molecule has 0 saturated carbocycles. The van der Waals surface area contributed by atoms with Crippen LogP contribution >= 0.6 is 0 Å². The zero-order valence-electron chi connectivity index (χ0n) is 17.2. The van der Waals surface area contributed by atoms with Crippen molar-refractivity contribution in [3.05, 3.63) is 66.3 Å². The third kappa shape index (κ3) is 9.11. The molecule has 5 nitrogen and oxygen atoms in total. The molecular formula is C24H33NO4. The summed E-state index contributed by atoms with van der Waals surface area (Å²) in [7, 11) is 1.64. The number of allylic oxidation sites excluding steroid dienone is 4. The summed E-state index contributed by atoms with van der Waals surface area (Å²) < 4.78 is 5.13. The van der Waals surface area contributed by atoms with Crippen LogP contribution < -0.4 is 4.74 Å². The molecule has 1 heterocycles. The normalized spacial score (nSPS) is 16.9. The van der Waals surface area contributed by atoms with Gasteiger partial charge in [0.1, 0.15) is 5.75 Å². The summed E-state index contributed by atoms with van der Waals surface area (Å²) in [6, 6.07) is 7.85. The van der Waals surface area contributed by atoms with E-state index < -0.39 is 12.2 Å². The van der Waals surface area contributed by atoms with Gasteiger partial charge >= 0.3 is 0 Å². The third-order valence-corrected chi connectivity index (χ3v) is 5.00. The molecule has 5 heteroatoms. The van der Waals surface area contributed by atoms with Crippen molar-refractivity contribution in [2.75, 3.05) is 20.2 Å². The molecule has 0 aromatic heterocycles. The van der Waals surface area contributed by atoms with Gasteiger partial charge in [-0.15, -0.1) is 0 Å². The van der Waals surface area contributed by atoms with E-state index in [4.69, 9.17) is 4.74 Å². The summed E-state index contributed by atoms with van der Waals surface area (Å²) in [5.74, 6) is 0.966. The quantitative estimate of drug-likeness (QED) is 0.560. The number of nitrogens with zero attached hydrogens (tertiary/aromatic N) is 1. The van der Waals surface area contributed by atoms with E-state index in [1.807, 2.05) is 35.2 Å². The Balaban J connectivity index is 1.60. The van der Waals surface area contributed by atoms with Crippen LogP contribution in [0.2, 0.25) is 0 Å². The van der Waals surface area contributed by atoms with Gasteiger partial charge in [0.25, 0.3) is 0 Å². The van der Waals surface area contributed by atoms with Crippen LogP contribution in [-0.2, 0) is 11.2 Å². The first-order valence-corrected chi connectivity index (χ1v) is 10.4. The second-order valence-corrected chi connectivity index (χ2v) is 7.30. The van der Waals surface area contributed by atoms with Crippen LogP contribution in [0.15, 0.2) is 60.7 Å². The predicted octanol–water partition coefficient (Wildman–Crippen LogP) is 3.42. The van der Waals surface area contributed by atoms with Crippen molar-refractivity contribution in [1.29, 1.82) is 0 Å². The van der Waals surface area contributed by atoms with Gasteiger partial charge in [0.15, 0.2) is 0 Å². The van der Waals surface area contributed by atoms with Gasteiger partial charge in [-0.2, -0.15) is 0 Å². The highest BCUT2D eigenvalue weighted by Gasteiger charge is 2.17. The number of likely N-dealkylation sites (tertiary alicyclic amines) is 1. The van der Waals surface area contributed by atoms with Gasteiger partial charge in [0.05, 0.1) is 19.3 Å². The molecule has 2 atom stereocenters. The van der Waals surface area contributed by atoms with Crippen molar-refractivity contribution < 1.29 is 19.7 Å². The number of ether oxygens (including phenoxy) is 1. The van der Waals surface area contributed by atoms with Gasteiger partial charge in [-0.05, 0) is 49.8 Å². The molecule has 1 aliphatic heterocycles. The number of carbonyl (C=O) groups is 1. The SMILES string of the molecule is COc1ccc(CCC(O)C=CC=CC=CC(O)CCC(=O)N2CCCC2)cc1. The first kappa shape index (κ1) is 22.9. The van der Waals surface area contributed by atoms with Crippen LogP contribution in [0.25, 0.3) is 0 Å². The maximum absolute atomic E-state index is 11.9. The Morgan fingerprint density at radius 1 is 1.00 bits per heavy atom. The fourth-order valence-electron chi connectivity index (χ4n) is 3.21. The predicted molar refractivity (Wildman–Crippen MR) is 116 cm³/mol. The van der Waals surface area contributed by atoms with E-state index in [0.717, 1.165) is 43.7 Å². The van der Waals surface area contributed by atoms with Crippen LogP contribution in [0.4, 0.5) is 0 Å². The summed E-state index contributed by atoms with van der Waals surface area (Å²) in [5.41, 5.74) is 1.16. The first-order valence-electron chi connectivity index (χ1n) is 10.4. The Morgan fingerprint density at radius 2 is 1.59 bits per heavy atom. The van der Waals surface area contributed by atoms with Crippen molar-refractivity contribution in [2.45, 2.75) is 50.7 Å². The highest BCUT2D eigenvalue weighted by atomic mass is 16.5. The average Bonchev–Trinajstić information content (AvgIpc) is 3.28. The van der Waals surface area contributed by atoms with Crippen LogP contribution in [0.1, 0.15) is 37.7 Å². The maximum atomic E-state index is 11.9. The number of aliphatic hydroxyl groups is 2. The standard InChI is InChI=1S/C24H33NO4/c1-29-23-15-11-20(12-16-23)10-13-21(26)8-4-2-3-5-9-22(27)14-17-24(28)25-18-6-7-19-25/h2-5,8-9,11-12,15-16,21-22,26-27H,6-7,10,13-14,17-19H2,1H3. The Kier molecular flexibility index (Phi) is 10.2. The zero-order valence-corrected chi connectivity index (χ0v) is 17.2. The lowest BCUT2D eigenvalue weighted by atomic mass is 10.1. The molecule has 158 valence electrons. The van der Waals surface area contributed by atoms with Crippen LogP contribution in [0.3, 0.4) is 0 Å². The molecule has 2 N–H and O–H groups in total. The fraction of sp³-hybridized carbons (Fsp3) is 0.458. The van der Waals surface area contributed by atoms with Gasteiger partial charge in [-0.3, -0.25) is 4.79 Å².